The van der Waals surface area contributed by atoms with Gasteiger partial charge in [-0.3, -0.25) is 9.36 Å². The van der Waals surface area contributed by atoms with E-state index in [0.717, 1.165) is 17.8 Å². The number of alkyl halides is 3. The lowest BCUT2D eigenvalue weighted by Gasteiger charge is -2.15. The highest BCUT2D eigenvalue weighted by Crippen LogP contribution is 2.38. The predicted molar refractivity (Wildman–Crippen MR) is 102 cm³/mol. The van der Waals surface area contributed by atoms with Crippen LogP contribution < -0.4 is 5.32 Å². The zero-order valence-electron chi connectivity index (χ0n) is 13.9. The first-order valence-electron chi connectivity index (χ1n) is 7.70. The second-order valence-electron chi connectivity index (χ2n) is 5.46. The Morgan fingerprint density at radius 1 is 1.18 bits per heavy atom. The van der Waals surface area contributed by atoms with Gasteiger partial charge in [-0.05, 0) is 30.3 Å². The number of aromatic nitrogens is 3. The van der Waals surface area contributed by atoms with E-state index in [0.29, 0.717) is 15.9 Å². The minimum atomic E-state index is -4.65. The number of halogens is 5. The molecule has 0 atom stereocenters. The van der Waals surface area contributed by atoms with Crippen molar-refractivity contribution >= 4 is 46.6 Å². The van der Waals surface area contributed by atoms with Gasteiger partial charge >= 0.3 is 6.18 Å². The summed E-state index contributed by atoms with van der Waals surface area (Å²) in [4.78, 5) is 12.2. The van der Waals surface area contributed by atoms with Crippen LogP contribution in [0.5, 0.6) is 0 Å². The molecule has 3 rings (SSSR count). The Morgan fingerprint density at radius 2 is 1.93 bits per heavy atom. The van der Waals surface area contributed by atoms with E-state index < -0.39 is 23.3 Å². The van der Waals surface area contributed by atoms with Crippen LogP contribution in [0.3, 0.4) is 0 Å². The van der Waals surface area contributed by atoms with Crippen LogP contribution in [0.15, 0.2) is 53.9 Å². The number of thioether (sulfide) groups is 1. The first-order chi connectivity index (χ1) is 13.3. The molecule has 0 aliphatic heterocycles. The Labute approximate surface area is 171 Å². The highest BCUT2D eigenvalue weighted by molar-refractivity contribution is 7.99. The number of benzene rings is 2. The Kier molecular flexibility index (Phi) is 6.17. The van der Waals surface area contributed by atoms with Crippen LogP contribution in [0.25, 0.3) is 5.69 Å². The highest BCUT2D eigenvalue weighted by Gasteiger charge is 2.34. The van der Waals surface area contributed by atoms with Gasteiger partial charge in [0.15, 0.2) is 5.16 Å². The molecule has 11 heteroatoms. The van der Waals surface area contributed by atoms with E-state index in [1.807, 2.05) is 0 Å². The van der Waals surface area contributed by atoms with Crippen molar-refractivity contribution in [2.24, 2.45) is 0 Å². The molecule has 1 heterocycles. The molecular formula is C17H11Cl2F3N4OS. The van der Waals surface area contributed by atoms with Crippen molar-refractivity contribution in [2.45, 2.75) is 11.3 Å². The number of hydrogen-bond donors (Lipinski definition) is 1. The van der Waals surface area contributed by atoms with Crippen LogP contribution in [-0.4, -0.2) is 26.4 Å². The van der Waals surface area contributed by atoms with E-state index in [4.69, 9.17) is 23.2 Å². The van der Waals surface area contributed by atoms with Crippen molar-refractivity contribution in [3.8, 4) is 5.69 Å². The van der Waals surface area contributed by atoms with E-state index >= 15 is 0 Å². The molecular weight excluding hydrogens is 436 g/mol. The SMILES string of the molecule is O=C(CSc1nncn1-c1cccc(Cl)c1)Nc1c(Cl)cccc1C(F)(F)F. The molecule has 3 aromatic rings. The summed E-state index contributed by atoms with van der Waals surface area (Å²) in [6, 6.07) is 10.2. The lowest BCUT2D eigenvalue weighted by Crippen LogP contribution is -2.18. The van der Waals surface area contributed by atoms with Gasteiger partial charge in [-0.1, -0.05) is 47.1 Å². The predicted octanol–water partition coefficient (Wildman–Crippen LogP) is 5.32. The summed E-state index contributed by atoms with van der Waals surface area (Å²) in [5, 5.41) is 10.6. The van der Waals surface area contributed by atoms with Crippen molar-refractivity contribution < 1.29 is 18.0 Å². The third-order valence-corrected chi connectivity index (χ3v) is 5.01. The Hall–Kier alpha value is -2.23. The minimum Gasteiger partial charge on any atom is -0.324 e. The summed E-state index contributed by atoms with van der Waals surface area (Å²) in [5.74, 6) is -0.855. The van der Waals surface area contributed by atoms with Crippen LogP contribution in [0, 0.1) is 0 Å². The summed E-state index contributed by atoms with van der Waals surface area (Å²) in [6.45, 7) is 0. The van der Waals surface area contributed by atoms with Gasteiger partial charge < -0.3 is 5.32 Å². The Bertz CT molecular complexity index is 1010. The fourth-order valence-electron chi connectivity index (χ4n) is 2.32. The van der Waals surface area contributed by atoms with Gasteiger partial charge in [-0.25, -0.2) is 0 Å². The number of carbonyl (C=O) groups excluding carboxylic acids is 1. The van der Waals surface area contributed by atoms with Crippen molar-refractivity contribution in [2.75, 3.05) is 11.1 Å². The molecule has 28 heavy (non-hydrogen) atoms. The number of anilines is 1. The molecule has 0 spiro atoms. The molecule has 1 amide bonds. The van der Waals surface area contributed by atoms with Gasteiger partial charge in [0.25, 0.3) is 0 Å². The molecule has 5 nitrogen and oxygen atoms in total. The molecule has 0 aliphatic rings. The zero-order chi connectivity index (χ0) is 20.3. The molecule has 1 N–H and O–H groups in total. The van der Waals surface area contributed by atoms with Gasteiger partial charge in [-0.15, -0.1) is 10.2 Å². The van der Waals surface area contributed by atoms with Crippen molar-refractivity contribution in [3.63, 3.8) is 0 Å². The average molecular weight is 447 g/mol. The summed E-state index contributed by atoms with van der Waals surface area (Å²) in [5.41, 5.74) is -0.801. The summed E-state index contributed by atoms with van der Waals surface area (Å²) >= 11 is 12.8. The third kappa shape index (κ3) is 4.78. The van der Waals surface area contributed by atoms with Crippen molar-refractivity contribution in [3.05, 3.63) is 64.4 Å². The second-order valence-corrected chi connectivity index (χ2v) is 7.25. The van der Waals surface area contributed by atoms with Gasteiger partial charge in [-0.2, -0.15) is 13.2 Å². The van der Waals surface area contributed by atoms with Crippen LogP contribution >= 0.6 is 35.0 Å². The van der Waals surface area contributed by atoms with Crippen LogP contribution in [0.1, 0.15) is 5.56 Å². The Balaban J connectivity index is 1.73. The number of amides is 1. The maximum atomic E-state index is 13.1. The lowest BCUT2D eigenvalue weighted by molar-refractivity contribution is -0.137. The minimum absolute atomic E-state index is 0.193. The van der Waals surface area contributed by atoms with E-state index in [-0.39, 0.29) is 10.8 Å². The molecule has 1 aromatic heterocycles. The van der Waals surface area contributed by atoms with Crippen molar-refractivity contribution in [1.29, 1.82) is 0 Å². The fraction of sp³-hybridized carbons (Fsp3) is 0.118. The molecule has 0 fully saturated rings. The fourth-order valence-corrected chi connectivity index (χ4v) is 3.45. The van der Waals surface area contributed by atoms with Gasteiger partial charge in [0, 0.05) is 5.02 Å². The third-order valence-electron chi connectivity index (χ3n) is 3.52. The standard InChI is InChI=1S/C17H11Cl2F3N4OS/c18-10-3-1-4-11(7-10)26-9-23-25-16(26)28-8-14(27)24-15-12(17(20,21)22)5-2-6-13(15)19/h1-7,9H,8H2,(H,24,27). The number of rotatable bonds is 5. The Morgan fingerprint density at radius 3 is 2.64 bits per heavy atom. The van der Waals surface area contributed by atoms with E-state index in [2.05, 4.69) is 15.5 Å². The molecule has 0 bridgehead atoms. The van der Waals surface area contributed by atoms with Gasteiger partial charge in [0.05, 0.1) is 27.7 Å². The molecule has 0 saturated heterocycles. The normalized spacial score (nSPS) is 11.5. The summed E-state index contributed by atoms with van der Waals surface area (Å²) in [6.07, 6.45) is -3.20. The van der Waals surface area contributed by atoms with E-state index in [9.17, 15) is 18.0 Å². The molecule has 146 valence electrons. The molecule has 0 saturated carbocycles. The van der Waals surface area contributed by atoms with E-state index in [1.54, 1.807) is 28.8 Å². The smallest absolute Gasteiger partial charge is 0.324 e. The number of para-hydroxylation sites is 1. The zero-order valence-corrected chi connectivity index (χ0v) is 16.2. The first-order valence-corrected chi connectivity index (χ1v) is 9.44. The largest absolute Gasteiger partial charge is 0.418 e. The highest BCUT2D eigenvalue weighted by atomic mass is 35.5. The summed E-state index contributed by atoms with van der Waals surface area (Å²) in [7, 11) is 0. The maximum Gasteiger partial charge on any atom is 0.418 e. The monoisotopic (exact) mass is 446 g/mol. The van der Waals surface area contributed by atoms with Crippen LogP contribution in [-0.2, 0) is 11.0 Å². The van der Waals surface area contributed by atoms with Gasteiger partial charge in [0.2, 0.25) is 5.91 Å². The number of carbonyl (C=O) groups is 1. The van der Waals surface area contributed by atoms with Crippen LogP contribution in [0.4, 0.5) is 18.9 Å². The maximum absolute atomic E-state index is 13.1. The molecule has 2 aromatic carbocycles. The first kappa shape index (κ1) is 20.5. The second kappa shape index (κ2) is 8.42. The number of hydrogen-bond acceptors (Lipinski definition) is 4. The topological polar surface area (TPSA) is 59.8 Å². The van der Waals surface area contributed by atoms with Crippen LogP contribution in [0.2, 0.25) is 10.0 Å². The van der Waals surface area contributed by atoms with Gasteiger partial charge in [0.1, 0.15) is 6.33 Å². The quantitative estimate of drug-likeness (QED) is 0.538. The average Bonchev–Trinajstić information content (AvgIpc) is 3.09. The number of nitrogens with one attached hydrogen (secondary N) is 1. The molecule has 0 radical (unpaired) electrons. The van der Waals surface area contributed by atoms with Crippen molar-refractivity contribution in [1.82, 2.24) is 14.8 Å². The molecule has 0 unspecified atom stereocenters. The summed E-state index contributed by atoms with van der Waals surface area (Å²) < 4.78 is 41.0. The lowest BCUT2D eigenvalue weighted by atomic mass is 10.1. The van der Waals surface area contributed by atoms with E-state index in [1.165, 1.54) is 18.5 Å². The number of nitrogens with zero attached hydrogens (tertiary/aromatic N) is 3. The molecule has 0 aliphatic carbocycles.